The molecular weight excluding hydrogens is 743 g/mol. The first-order valence-electron chi connectivity index (χ1n) is 20.4. The minimum atomic E-state index is -2.42. The smallest absolute Gasteiger partial charge is 0.264 e. The normalized spacial score (nSPS) is 22.7. The number of anilines is 5. The van der Waals surface area contributed by atoms with E-state index in [1.165, 1.54) is 5.19 Å². The first-order valence-corrected chi connectivity index (χ1v) is 23.4. The number of rotatable bonds is 9. The summed E-state index contributed by atoms with van der Waals surface area (Å²) in [5.74, 6) is 0.382. The number of aliphatic hydroxyl groups is 1. The molecule has 10 heteroatoms. The Labute approximate surface area is 340 Å². The van der Waals surface area contributed by atoms with Crippen molar-refractivity contribution in [1.82, 2.24) is 0 Å². The maximum absolute atomic E-state index is 15.6. The molecule has 5 aromatic rings. The molecule has 4 aliphatic rings. The van der Waals surface area contributed by atoms with Crippen molar-refractivity contribution in [2.24, 2.45) is 5.92 Å². The Morgan fingerprint density at radius 1 is 0.741 bits per heavy atom. The Hall–Kier alpha value is -5.55. The molecule has 296 valence electrons. The molecule has 1 saturated heterocycles. The molecule has 0 aromatic heterocycles. The molecule has 1 spiro atoms. The van der Waals surface area contributed by atoms with Crippen molar-refractivity contribution < 1.29 is 29.0 Å². The Balaban J connectivity index is 1.16. The standard InChI is InChI=1S/C48H49N3O6Si/c1-31-46(58(3,4)38-21-19-37(56-2)20-22-38)43(26-27-52)57-48(31)39-29-36(51-41-15-8-6-12-34(41)17-25-45(51)54)18-23-42(39)49(47(48)55)30-32-10-9-13-35(28-32)50-40-14-7-5-11-33(40)16-24-44(50)53/h5-15,18-23,28-29,31,43,46,52H,16-17,24-27,30H2,1-4H3/t31-,43+,46-,48+/m1/s1. The summed E-state index contributed by atoms with van der Waals surface area (Å²) in [6, 6.07) is 38.1. The lowest BCUT2D eigenvalue weighted by atomic mass is 9.82. The number of aliphatic hydroxyl groups excluding tert-OH is 1. The van der Waals surface area contributed by atoms with Crippen LogP contribution in [-0.2, 0) is 44.1 Å². The third-order valence-corrected chi connectivity index (χ3v) is 17.5. The minimum absolute atomic E-state index is 0.00370. The van der Waals surface area contributed by atoms with E-state index in [0.717, 1.165) is 50.8 Å². The number of benzene rings is 5. The zero-order chi connectivity index (χ0) is 40.3. The van der Waals surface area contributed by atoms with Crippen molar-refractivity contribution in [2.75, 3.05) is 28.4 Å². The Bertz CT molecular complexity index is 2430. The second-order valence-corrected chi connectivity index (χ2v) is 21.3. The molecule has 0 saturated carbocycles. The van der Waals surface area contributed by atoms with E-state index in [2.05, 4.69) is 44.3 Å². The van der Waals surface area contributed by atoms with Gasteiger partial charge in [-0.05, 0) is 96.1 Å². The number of methoxy groups -OCH3 is 1. The van der Waals surface area contributed by atoms with Gasteiger partial charge >= 0.3 is 0 Å². The van der Waals surface area contributed by atoms with Crippen molar-refractivity contribution >= 4 is 59.4 Å². The number of carbonyl (C=O) groups excluding carboxylic acids is 3. The van der Waals surface area contributed by atoms with Gasteiger partial charge in [-0.25, -0.2) is 0 Å². The summed E-state index contributed by atoms with van der Waals surface area (Å²) in [5.41, 5.74) is 6.35. The fourth-order valence-corrected chi connectivity index (χ4v) is 14.5. The molecule has 4 heterocycles. The van der Waals surface area contributed by atoms with Gasteiger partial charge in [-0.1, -0.05) is 85.9 Å². The fraction of sp³-hybridized carbons (Fsp3) is 0.312. The maximum Gasteiger partial charge on any atom is 0.264 e. The molecule has 0 radical (unpaired) electrons. The third-order valence-electron chi connectivity index (χ3n) is 13.2. The van der Waals surface area contributed by atoms with E-state index in [1.54, 1.807) is 16.9 Å². The van der Waals surface area contributed by atoms with Crippen molar-refractivity contribution in [1.29, 1.82) is 0 Å². The fourth-order valence-electron chi connectivity index (χ4n) is 10.4. The van der Waals surface area contributed by atoms with E-state index < -0.39 is 19.8 Å². The Morgan fingerprint density at radius 3 is 1.98 bits per heavy atom. The van der Waals surface area contributed by atoms with Crippen molar-refractivity contribution in [3.8, 4) is 5.75 Å². The van der Waals surface area contributed by atoms with Crippen LogP contribution in [0.4, 0.5) is 28.4 Å². The molecule has 5 aromatic carbocycles. The largest absolute Gasteiger partial charge is 0.497 e. The second-order valence-electron chi connectivity index (χ2n) is 16.6. The highest BCUT2D eigenvalue weighted by Gasteiger charge is 2.66. The quantitative estimate of drug-likeness (QED) is 0.152. The molecule has 9 nitrogen and oxygen atoms in total. The highest BCUT2D eigenvalue weighted by atomic mass is 28.3. The zero-order valence-electron chi connectivity index (χ0n) is 33.5. The van der Waals surface area contributed by atoms with Crippen molar-refractivity contribution in [3.63, 3.8) is 0 Å². The van der Waals surface area contributed by atoms with Crippen LogP contribution in [0.5, 0.6) is 5.75 Å². The predicted octanol–water partition coefficient (Wildman–Crippen LogP) is 8.06. The number of hydrogen-bond donors (Lipinski definition) is 1. The Kier molecular flexibility index (Phi) is 9.61. The van der Waals surface area contributed by atoms with E-state index in [1.807, 2.05) is 95.9 Å². The molecular formula is C48H49N3O6Si. The summed E-state index contributed by atoms with van der Waals surface area (Å²) >= 11 is 0. The average molecular weight is 792 g/mol. The van der Waals surface area contributed by atoms with E-state index >= 15 is 4.79 Å². The first-order chi connectivity index (χ1) is 28.1. The molecule has 1 N–H and O–H groups in total. The van der Waals surface area contributed by atoms with Gasteiger partial charge in [0.15, 0.2) is 5.60 Å². The van der Waals surface area contributed by atoms with E-state index in [-0.39, 0.29) is 42.3 Å². The monoisotopic (exact) mass is 791 g/mol. The molecule has 0 bridgehead atoms. The number of para-hydroxylation sites is 2. The van der Waals surface area contributed by atoms with Gasteiger partial charge in [0.1, 0.15) is 5.75 Å². The Morgan fingerprint density at radius 2 is 1.36 bits per heavy atom. The van der Waals surface area contributed by atoms with Gasteiger partial charge in [-0.15, -0.1) is 0 Å². The topological polar surface area (TPSA) is 99.6 Å². The average Bonchev–Trinajstić information content (AvgIpc) is 3.66. The predicted molar refractivity (Wildman–Crippen MR) is 229 cm³/mol. The summed E-state index contributed by atoms with van der Waals surface area (Å²) < 4.78 is 12.7. The van der Waals surface area contributed by atoms with Crippen molar-refractivity contribution in [3.05, 3.63) is 138 Å². The number of aryl methyl sites for hydroxylation is 2. The minimum Gasteiger partial charge on any atom is -0.497 e. The molecule has 0 unspecified atom stereocenters. The number of ether oxygens (including phenoxy) is 2. The van der Waals surface area contributed by atoms with Crippen LogP contribution >= 0.6 is 0 Å². The van der Waals surface area contributed by atoms with Crippen LogP contribution in [-0.4, -0.2) is 50.7 Å². The molecule has 3 amide bonds. The number of carbonyl (C=O) groups is 3. The molecule has 4 atom stereocenters. The highest BCUT2D eigenvalue weighted by molar-refractivity contribution is 6.91. The molecule has 4 aliphatic heterocycles. The summed E-state index contributed by atoms with van der Waals surface area (Å²) in [4.78, 5) is 48.2. The van der Waals surface area contributed by atoms with Gasteiger partial charge in [-0.3, -0.25) is 24.2 Å². The molecule has 1 fully saturated rings. The van der Waals surface area contributed by atoms with Crippen LogP contribution in [0.2, 0.25) is 18.6 Å². The van der Waals surface area contributed by atoms with Crippen LogP contribution < -0.4 is 24.6 Å². The van der Waals surface area contributed by atoms with Crippen LogP contribution in [0.25, 0.3) is 0 Å². The van der Waals surface area contributed by atoms with Gasteiger partial charge in [0.2, 0.25) is 11.8 Å². The second kappa shape index (κ2) is 14.7. The van der Waals surface area contributed by atoms with Gasteiger partial charge in [-0.2, -0.15) is 0 Å². The molecule has 9 rings (SSSR count). The summed E-state index contributed by atoms with van der Waals surface area (Å²) in [6.45, 7) is 6.96. The number of fused-ring (bicyclic) bond motifs is 4. The van der Waals surface area contributed by atoms with Gasteiger partial charge in [0, 0.05) is 42.3 Å². The van der Waals surface area contributed by atoms with E-state index in [0.29, 0.717) is 37.8 Å². The van der Waals surface area contributed by atoms with Crippen LogP contribution in [0, 0.1) is 5.92 Å². The van der Waals surface area contributed by atoms with E-state index in [4.69, 9.17) is 9.47 Å². The van der Waals surface area contributed by atoms with E-state index in [9.17, 15) is 14.7 Å². The van der Waals surface area contributed by atoms with Crippen LogP contribution in [0.15, 0.2) is 115 Å². The third kappa shape index (κ3) is 5.99. The summed E-state index contributed by atoms with van der Waals surface area (Å²) in [6.07, 6.45) is 2.19. The van der Waals surface area contributed by atoms with Gasteiger partial charge in [0.05, 0.1) is 44.9 Å². The lowest BCUT2D eigenvalue weighted by molar-refractivity contribution is -0.146. The SMILES string of the molecule is COc1ccc([Si](C)(C)[C@H]2[C@H](CCO)O[C@@]3(C(=O)N(Cc4cccc(N5C(=O)CCc6ccccc65)c4)c4ccc(N5C(=O)CCc6ccccc65)cc43)[C@@H]2C)cc1. The van der Waals surface area contributed by atoms with Gasteiger partial charge < -0.3 is 19.5 Å². The van der Waals surface area contributed by atoms with Crippen LogP contribution in [0.1, 0.15) is 48.4 Å². The first kappa shape index (κ1) is 38.0. The summed E-state index contributed by atoms with van der Waals surface area (Å²) in [5, 5.41) is 11.7. The number of amides is 3. The van der Waals surface area contributed by atoms with Crippen LogP contribution in [0.3, 0.4) is 0 Å². The lowest BCUT2D eigenvalue weighted by Gasteiger charge is -2.37. The zero-order valence-corrected chi connectivity index (χ0v) is 34.5. The maximum atomic E-state index is 15.6. The molecule has 58 heavy (non-hydrogen) atoms. The number of hydrogen-bond acceptors (Lipinski definition) is 6. The highest BCUT2D eigenvalue weighted by Crippen LogP contribution is 2.61. The summed E-state index contributed by atoms with van der Waals surface area (Å²) in [7, 11) is -0.757. The number of nitrogens with zero attached hydrogens (tertiary/aromatic N) is 3. The molecule has 0 aliphatic carbocycles. The lowest BCUT2D eigenvalue weighted by Crippen LogP contribution is -2.51. The van der Waals surface area contributed by atoms with Gasteiger partial charge in [0.25, 0.3) is 5.91 Å². The van der Waals surface area contributed by atoms with Crippen molar-refractivity contribution in [2.45, 2.75) is 75.9 Å².